The molecule has 1 saturated heterocycles. The smallest absolute Gasteiger partial charge is 0.262 e. The molecule has 1 heterocycles. The molecule has 0 radical (unpaired) electrons. The molecule has 2 aromatic carbocycles. The van der Waals surface area contributed by atoms with Crippen LogP contribution in [0.15, 0.2) is 52.3 Å². The molecule has 2 aromatic rings. The van der Waals surface area contributed by atoms with E-state index in [-0.39, 0.29) is 34.3 Å². The third kappa shape index (κ3) is 4.27. The highest BCUT2D eigenvalue weighted by Crippen LogP contribution is 2.31. The van der Waals surface area contributed by atoms with Crippen LogP contribution in [-0.4, -0.2) is 54.6 Å². The summed E-state index contributed by atoms with van der Waals surface area (Å²) < 4.78 is 77.8. The van der Waals surface area contributed by atoms with Crippen LogP contribution < -0.4 is 9.46 Å². The van der Waals surface area contributed by atoms with Crippen LogP contribution in [0.1, 0.15) is 0 Å². The first-order chi connectivity index (χ1) is 13.2. The highest BCUT2D eigenvalue weighted by molar-refractivity contribution is 7.92. The Labute approximate surface area is 163 Å². The summed E-state index contributed by atoms with van der Waals surface area (Å²) in [5.41, 5.74) is -0.0406. The lowest BCUT2D eigenvalue weighted by molar-refractivity contribution is 0.0730. The number of hydrogen-bond donors (Lipinski definition) is 1. The van der Waals surface area contributed by atoms with Crippen LogP contribution in [0.2, 0.25) is 0 Å². The number of ether oxygens (including phenoxy) is 2. The summed E-state index contributed by atoms with van der Waals surface area (Å²) in [6.07, 6.45) is 0. The molecule has 28 heavy (non-hydrogen) atoms. The van der Waals surface area contributed by atoms with Crippen molar-refractivity contribution in [3.05, 3.63) is 48.3 Å². The van der Waals surface area contributed by atoms with Gasteiger partial charge in [0.2, 0.25) is 10.0 Å². The highest BCUT2D eigenvalue weighted by atomic mass is 32.2. The van der Waals surface area contributed by atoms with Crippen LogP contribution >= 0.6 is 0 Å². The Morgan fingerprint density at radius 3 is 2.21 bits per heavy atom. The molecule has 0 amide bonds. The molecule has 8 nitrogen and oxygen atoms in total. The van der Waals surface area contributed by atoms with Gasteiger partial charge in [0.15, 0.2) is 0 Å². The topological polar surface area (TPSA) is 102 Å². The lowest BCUT2D eigenvalue weighted by Gasteiger charge is -2.26. The summed E-state index contributed by atoms with van der Waals surface area (Å²) in [7, 11) is -6.56. The molecule has 0 bridgehead atoms. The van der Waals surface area contributed by atoms with Gasteiger partial charge in [0.1, 0.15) is 11.6 Å². The summed E-state index contributed by atoms with van der Waals surface area (Å²) in [4.78, 5) is -0.246. The molecule has 0 spiro atoms. The molecule has 0 atom stereocenters. The van der Waals surface area contributed by atoms with Gasteiger partial charge in [-0.3, -0.25) is 4.72 Å². The first kappa shape index (κ1) is 20.5. The van der Waals surface area contributed by atoms with Crippen molar-refractivity contribution >= 4 is 25.7 Å². The summed E-state index contributed by atoms with van der Waals surface area (Å²) >= 11 is 0. The van der Waals surface area contributed by atoms with E-state index >= 15 is 0 Å². The van der Waals surface area contributed by atoms with E-state index in [1.165, 1.54) is 29.6 Å². The average Bonchev–Trinajstić information content (AvgIpc) is 2.68. The molecule has 11 heteroatoms. The maximum atomic E-state index is 13.1. The SMILES string of the molecule is COc1ccc(S(=O)(=O)N2CCOCC2)cc1NS(=O)(=O)c1ccc(F)cc1. The lowest BCUT2D eigenvalue weighted by atomic mass is 10.3. The minimum absolute atomic E-state index is 0.0406. The number of methoxy groups -OCH3 is 1. The van der Waals surface area contributed by atoms with Gasteiger partial charge in [-0.05, 0) is 42.5 Å². The van der Waals surface area contributed by atoms with Crippen LogP contribution in [0.4, 0.5) is 10.1 Å². The molecule has 1 fully saturated rings. The average molecular weight is 430 g/mol. The molecule has 1 aliphatic heterocycles. The van der Waals surface area contributed by atoms with E-state index in [1.807, 2.05) is 0 Å². The molecule has 152 valence electrons. The predicted molar refractivity (Wildman–Crippen MR) is 99.8 cm³/mol. The fraction of sp³-hybridized carbons (Fsp3) is 0.294. The van der Waals surface area contributed by atoms with Crippen LogP contribution in [0.3, 0.4) is 0 Å². The van der Waals surface area contributed by atoms with Crippen molar-refractivity contribution in [3.8, 4) is 5.75 Å². The van der Waals surface area contributed by atoms with Gasteiger partial charge in [-0.15, -0.1) is 0 Å². The van der Waals surface area contributed by atoms with Gasteiger partial charge in [0.05, 0.1) is 35.8 Å². The monoisotopic (exact) mass is 430 g/mol. The Balaban J connectivity index is 1.96. The zero-order valence-corrected chi connectivity index (χ0v) is 16.6. The highest BCUT2D eigenvalue weighted by Gasteiger charge is 2.28. The first-order valence-electron chi connectivity index (χ1n) is 8.28. The van der Waals surface area contributed by atoms with Crippen molar-refractivity contribution in [2.24, 2.45) is 0 Å². The van der Waals surface area contributed by atoms with Crippen molar-refractivity contribution in [2.45, 2.75) is 9.79 Å². The fourth-order valence-electron chi connectivity index (χ4n) is 2.68. The minimum Gasteiger partial charge on any atom is -0.495 e. The standard InChI is InChI=1S/C17H19FN2O6S2/c1-25-17-7-6-15(28(23,24)20-8-10-26-11-9-20)12-16(17)19-27(21,22)14-4-2-13(18)3-5-14/h2-7,12,19H,8-11H2,1H3. The number of halogens is 1. The van der Waals surface area contributed by atoms with E-state index < -0.39 is 25.9 Å². The third-order valence-corrected chi connectivity index (χ3v) is 7.42. The third-order valence-electron chi connectivity index (χ3n) is 4.15. The van der Waals surface area contributed by atoms with Gasteiger partial charge in [0.25, 0.3) is 10.0 Å². The van der Waals surface area contributed by atoms with E-state index in [0.717, 1.165) is 24.3 Å². The molecular weight excluding hydrogens is 411 g/mol. The number of hydrogen-bond acceptors (Lipinski definition) is 6. The number of sulfonamides is 2. The quantitative estimate of drug-likeness (QED) is 0.748. The molecule has 1 N–H and O–H groups in total. The Morgan fingerprint density at radius 1 is 1.00 bits per heavy atom. The molecule has 1 aliphatic rings. The van der Waals surface area contributed by atoms with E-state index in [9.17, 15) is 21.2 Å². The first-order valence-corrected chi connectivity index (χ1v) is 11.2. The van der Waals surface area contributed by atoms with Crippen molar-refractivity contribution in [2.75, 3.05) is 38.1 Å². The van der Waals surface area contributed by atoms with Crippen molar-refractivity contribution in [1.29, 1.82) is 0 Å². The molecule has 0 aliphatic carbocycles. The van der Waals surface area contributed by atoms with Crippen molar-refractivity contribution < 1.29 is 30.7 Å². The summed E-state index contributed by atoms with van der Waals surface area (Å²) in [5.74, 6) is -0.429. The number of nitrogens with zero attached hydrogens (tertiary/aromatic N) is 1. The van der Waals surface area contributed by atoms with Gasteiger partial charge >= 0.3 is 0 Å². The Hall–Kier alpha value is -2.21. The molecule has 0 unspecified atom stereocenters. The van der Waals surface area contributed by atoms with E-state index in [2.05, 4.69) is 4.72 Å². The minimum atomic E-state index is -4.07. The van der Waals surface area contributed by atoms with Crippen molar-refractivity contribution in [1.82, 2.24) is 4.31 Å². The number of nitrogens with one attached hydrogen (secondary N) is 1. The summed E-state index contributed by atoms with van der Waals surface area (Å²) in [5, 5.41) is 0. The van der Waals surface area contributed by atoms with Gasteiger partial charge in [-0.2, -0.15) is 4.31 Å². The van der Waals surface area contributed by atoms with E-state index in [0.29, 0.717) is 13.2 Å². The van der Waals surface area contributed by atoms with Gasteiger partial charge in [-0.25, -0.2) is 21.2 Å². The number of morpholine rings is 1. The summed E-state index contributed by atoms with van der Waals surface area (Å²) in [6, 6.07) is 8.17. The molecular formula is C17H19FN2O6S2. The molecule has 3 rings (SSSR count). The normalized spacial score (nSPS) is 15.9. The van der Waals surface area contributed by atoms with E-state index in [1.54, 1.807) is 0 Å². The zero-order chi connectivity index (χ0) is 20.4. The second-order valence-corrected chi connectivity index (χ2v) is 9.56. The van der Waals surface area contributed by atoms with Crippen LogP contribution in [-0.2, 0) is 24.8 Å². The second-order valence-electron chi connectivity index (χ2n) is 5.94. The van der Waals surface area contributed by atoms with Crippen LogP contribution in [0.5, 0.6) is 5.75 Å². The second kappa shape index (κ2) is 8.03. The Bertz CT molecular complexity index is 1050. The number of anilines is 1. The maximum Gasteiger partial charge on any atom is 0.262 e. The van der Waals surface area contributed by atoms with Gasteiger partial charge < -0.3 is 9.47 Å². The van der Waals surface area contributed by atoms with Crippen LogP contribution in [0, 0.1) is 5.82 Å². The zero-order valence-electron chi connectivity index (χ0n) is 15.0. The lowest BCUT2D eigenvalue weighted by Crippen LogP contribution is -2.40. The Kier molecular flexibility index (Phi) is 5.89. The van der Waals surface area contributed by atoms with E-state index in [4.69, 9.17) is 9.47 Å². The fourth-order valence-corrected chi connectivity index (χ4v) is 5.18. The van der Waals surface area contributed by atoms with Gasteiger partial charge in [0, 0.05) is 13.1 Å². The van der Waals surface area contributed by atoms with Gasteiger partial charge in [-0.1, -0.05) is 0 Å². The Morgan fingerprint density at radius 2 is 1.61 bits per heavy atom. The number of rotatable bonds is 6. The maximum absolute atomic E-state index is 13.1. The number of benzene rings is 2. The largest absolute Gasteiger partial charge is 0.495 e. The summed E-state index contributed by atoms with van der Waals surface area (Å²) in [6.45, 7) is 1.01. The van der Waals surface area contributed by atoms with Crippen LogP contribution in [0.25, 0.3) is 0 Å². The predicted octanol–water partition coefficient (Wildman–Crippen LogP) is 1.66. The molecule has 0 saturated carbocycles. The van der Waals surface area contributed by atoms with Crippen molar-refractivity contribution in [3.63, 3.8) is 0 Å². The molecule has 0 aromatic heterocycles.